The smallest absolute Gasteiger partial charge is 0.321 e. The van der Waals surface area contributed by atoms with Crippen molar-refractivity contribution in [1.29, 1.82) is 0 Å². The molecule has 2 amide bonds. The Bertz CT molecular complexity index is 501. The number of hydrogen-bond donors (Lipinski definition) is 2. The number of benzene rings is 1. The summed E-state index contributed by atoms with van der Waals surface area (Å²) in [6, 6.07) is 6.74. The number of hydrogen-bond acceptors (Lipinski definition) is 3. The number of carboxylic acids is 1. The highest BCUT2D eigenvalue weighted by Gasteiger charge is 2.26. The summed E-state index contributed by atoms with van der Waals surface area (Å²) in [5, 5.41) is 11.5. The van der Waals surface area contributed by atoms with Crippen LogP contribution in [0.3, 0.4) is 0 Å². The van der Waals surface area contributed by atoms with Gasteiger partial charge in [-0.05, 0) is 24.1 Å². The largest absolute Gasteiger partial charge is 0.481 e. The molecular formula is C15H20N2O4. The Morgan fingerprint density at radius 1 is 1.38 bits per heavy atom. The first-order valence-electron chi connectivity index (χ1n) is 6.94. The maximum Gasteiger partial charge on any atom is 0.321 e. The van der Waals surface area contributed by atoms with Crippen LogP contribution in [0.1, 0.15) is 12.0 Å². The number of ether oxygens (including phenoxy) is 1. The molecule has 1 aromatic carbocycles. The summed E-state index contributed by atoms with van der Waals surface area (Å²) in [4.78, 5) is 24.5. The van der Waals surface area contributed by atoms with Gasteiger partial charge in [-0.2, -0.15) is 0 Å². The summed E-state index contributed by atoms with van der Waals surface area (Å²) < 4.78 is 5.11. The Balaban J connectivity index is 1.86. The number of urea groups is 1. The maximum absolute atomic E-state index is 12.1. The quantitative estimate of drug-likeness (QED) is 0.867. The van der Waals surface area contributed by atoms with Gasteiger partial charge in [-0.1, -0.05) is 12.1 Å². The van der Waals surface area contributed by atoms with Crippen LogP contribution in [0.25, 0.3) is 0 Å². The molecule has 1 unspecified atom stereocenters. The van der Waals surface area contributed by atoms with E-state index in [1.807, 2.05) is 0 Å². The minimum absolute atomic E-state index is 0.0148. The molecule has 1 fully saturated rings. The highest BCUT2D eigenvalue weighted by atomic mass is 16.5. The molecule has 0 saturated carbocycles. The van der Waals surface area contributed by atoms with E-state index in [4.69, 9.17) is 9.84 Å². The SMILES string of the molecule is COCC1CCN(C(=O)Nc2ccc(CC(=O)O)cc2)C1. The summed E-state index contributed by atoms with van der Waals surface area (Å²) in [6.45, 7) is 2.11. The minimum atomic E-state index is -0.868. The van der Waals surface area contributed by atoms with Crippen LogP contribution in [-0.4, -0.2) is 48.8 Å². The summed E-state index contributed by atoms with van der Waals surface area (Å²) in [5.41, 5.74) is 1.38. The molecule has 2 N–H and O–H groups in total. The van der Waals surface area contributed by atoms with Crippen LogP contribution >= 0.6 is 0 Å². The van der Waals surface area contributed by atoms with Crippen molar-refractivity contribution >= 4 is 17.7 Å². The van der Waals surface area contributed by atoms with Gasteiger partial charge in [-0.25, -0.2) is 4.79 Å². The number of carboxylic acid groups (broad SMARTS) is 1. The number of carbonyl (C=O) groups is 2. The molecule has 1 saturated heterocycles. The fourth-order valence-electron chi connectivity index (χ4n) is 2.47. The molecule has 6 nitrogen and oxygen atoms in total. The highest BCUT2D eigenvalue weighted by Crippen LogP contribution is 2.18. The first kappa shape index (κ1) is 15.3. The molecule has 1 heterocycles. The summed E-state index contributed by atoms with van der Waals surface area (Å²) >= 11 is 0. The van der Waals surface area contributed by atoms with Gasteiger partial charge < -0.3 is 20.1 Å². The average molecular weight is 292 g/mol. The number of likely N-dealkylation sites (tertiary alicyclic amines) is 1. The molecule has 21 heavy (non-hydrogen) atoms. The molecule has 114 valence electrons. The Hall–Kier alpha value is -2.08. The lowest BCUT2D eigenvalue weighted by Gasteiger charge is -2.17. The van der Waals surface area contributed by atoms with E-state index in [1.165, 1.54) is 0 Å². The summed E-state index contributed by atoms with van der Waals surface area (Å²) in [5.74, 6) is -0.466. The standard InChI is InChI=1S/C15H20N2O4/c1-21-10-12-6-7-17(9-12)15(20)16-13-4-2-11(3-5-13)8-14(18)19/h2-5,12H,6-10H2,1H3,(H,16,20)(H,18,19). The van der Waals surface area contributed by atoms with Crippen molar-refractivity contribution in [2.45, 2.75) is 12.8 Å². The van der Waals surface area contributed by atoms with E-state index in [9.17, 15) is 9.59 Å². The van der Waals surface area contributed by atoms with E-state index in [0.29, 0.717) is 30.3 Å². The molecule has 1 aliphatic heterocycles. The monoisotopic (exact) mass is 292 g/mol. The van der Waals surface area contributed by atoms with Gasteiger partial charge in [0.25, 0.3) is 0 Å². The molecule has 0 spiro atoms. The normalized spacial score (nSPS) is 17.8. The first-order chi connectivity index (χ1) is 10.1. The lowest BCUT2D eigenvalue weighted by molar-refractivity contribution is -0.136. The zero-order valence-corrected chi connectivity index (χ0v) is 12.0. The van der Waals surface area contributed by atoms with Crippen LogP contribution in [0.15, 0.2) is 24.3 Å². The van der Waals surface area contributed by atoms with E-state index in [0.717, 1.165) is 13.0 Å². The number of nitrogens with zero attached hydrogens (tertiary/aromatic N) is 1. The average Bonchev–Trinajstić information content (AvgIpc) is 2.89. The Morgan fingerprint density at radius 3 is 2.71 bits per heavy atom. The van der Waals surface area contributed by atoms with Crippen LogP contribution in [0.4, 0.5) is 10.5 Å². The summed E-state index contributed by atoms with van der Waals surface area (Å²) in [6.07, 6.45) is 0.942. The third-order valence-electron chi connectivity index (χ3n) is 3.54. The molecule has 0 radical (unpaired) electrons. The molecule has 1 atom stereocenters. The van der Waals surface area contributed by atoms with Gasteiger partial charge in [0.1, 0.15) is 0 Å². The Morgan fingerprint density at radius 2 is 2.10 bits per heavy atom. The fraction of sp³-hybridized carbons (Fsp3) is 0.467. The molecule has 2 rings (SSSR count). The van der Waals surface area contributed by atoms with Crippen molar-refractivity contribution < 1.29 is 19.4 Å². The maximum atomic E-state index is 12.1. The number of carbonyl (C=O) groups excluding carboxylic acids is 1. The van der Waals surface area contributed by atoms with Crippen molar-refractivity contribution in [3.63, 3.8) is 0 Å². The number of anilines is 1. The van der Waals surface area contributed by atoms with E-state index in [2.05, 4.69) is 5.32 Å². The van der Waals surface area contributed by atoms with Gasteiger partial charge in [0.05, 0.1) is 13.0 Å². The second-order valence-electron chi connectivity index (χ2n) is 5.25. The van der Waals surface area contributed by atoms with E-state index >= 15 is 0 Å². The molecule has 1 aromatic rings. The van der Waals surface area contributed by atoms with Crippen molar-refractivity contribution in [3.05, 3.63) is 29.8 Å². The van der Waals surface area contributed by atoms with Gasteiger partial charge in [0.2, 0.25) is 0 Å². The van der Waals surface area contributed by atoms with Crippen LogP contribution in [0, 0.1) is 5.92 Å². The van der Waals surface area contributed by atoms with Crippen molar-refractivity contribution in [1.82, 2.24) is 4.90 Å². The number of amides is 2. The second kappa shape index (κ2) is 7.08. The molecule has 0 aliphatic carbocycles. The molecule has 0 bridgehead atoms. The zero-order chi connectivity index (χ0) is 15.2. The minimum Gasteiger partial charge on any atom is -0.481 e. The Kier molecular flexibility index (Phi) is 5.16. The van der Waals surface area contributed by atoms with Crippen LogP contribution in [0.5, 0.6) is 0 Å². The predicted octanol–water partition coefficient (Wildman–Crippen LogP) is 1.81. The Labute approximate surface area is 123 Å². The van der Waals surface area contributed by atoms with Gasteiger partial charge in [0.15, 0.2) is 0 Å². The van der Waals surface area contributed by atoms with Crippen LogP contribution in [0.2, 0.25) is 0 Å². The second-order valence-corrected chi connectivity index (χ2v) is 5.25. The van der Waals surface area contributed by atoms with Gasteiger partial charge in [0, 0.05) is 31.8 Å². The van der Waals surface area contributed by atoms with Crippen molar-refractivity contribution in [3.8, 4) is 0 Å². The first-order valence-corrected chi connectivity index (χ1v) is 6.94. The molecular weight excluding hydrogens is 272 g/mol. The third kappa shape index (κ3) is 4.46. The van der Waals surface area contributed by atoms with Crippen LogP contribution < -0.4 is 5.32 Å². The van der Waals surface area contributed by atoms with Crippen molar-refractivity contribution in [2.24, 2.45) is 5.92 Å². The third-order valence-corrected chi connectivity index (χ3v) is 3.54. The fourth-order valence-corrected chi connectivity index (χ4v) is 2.47. The number of aliphatic carboxylic acids is 1. The number of nitrogens with one attached hydrogen (secondary N) is 1. The van der Waals surface area contributed by atoms with Gasteiger partial charge >= 0.3 is 12.0 Å². The highest BCUT2D eigenvalue weighted by molar-refractivity contribution is 5.89. The van der Waals surface area contributed by atoms with Crippen molar-refractivity contribution in [2.75, 3.05) is 32.1 Å². The van der Waals surface area contributed by atoms with Gasteiger partial charge in [-0.3, -0.25) is 4.79 Å². The molecule has 6 heteroatoms. The van der Waals surface area contributed by atoms with Crippen LogP contribution in [-0.2, 0) is 16.0 Å². The lowest BCUT2D eigenvalue weighted by atomic mass is 10.1. The predicted molar refractivity (Wildman–Crippen MR) is 78.4 cm³/mol. The van der Waals surface area contributed by atoms with E-state index in [-0.39, 0.29) is 12.5 Å². The lowest BCUT2D eigenvalue weighted by Crippen LogP contribution is -2.33. The van der Waals surface area contributed by atoms with E-state index in [1.54, 1.807) is 36.3 Å². The zero-order valence-electron chi connectivity index (χ0n) is 12.0. The molecule has 1 aliphatic rings. The summed E-state index contributed by atoms with van der Waals surface area (Å²) in [7, 11) is 1.67. The molecule has 0 aromatic heterocycles. The number of methoxy groups -OCH3 is 1. The van der Waals surface area contributed by atoms with E-state index < -0.39 is 5.97 Å². The van der Waals surface area contributed by atoms with Gasteiger partial charge in [-0.15, -0.1) is 0 Å². The number of rotatable bonds is 5. The topological polar surface area (TPSA) is 78.9 Å².